The van der Waals surface area contributed by atoms with E-state index in [9.17, 15) is 22.8 Å². The van der Waals surface area contributed by atoms with E-state index in [1.807, 2.05) is 0 Å². The summed E-state index contributed by atoms with van der Waals surface area (Å²) in [6, 6.07) is 4.50. The molecule has 2 aromatic rings. The summed E-state index contributed by atoms with van der Waals surface area (Å²) in [7, 11) is 0. The first-order chi connectivity index (χ1) is 10.3. The molecule has 0 atom stereocenters. The number of aromatic carboxylic acids is 1. The lowest BCUT2D eigenvalue weighted by molar-refractivity contribution is 0.0696. The average Bonchev–Trinajstić information content (AvgIpc) is 2.44. The molecule has 0 spiro atoms. The van der Waals surface area contributed by atoms with E-state index >= 15 is 0 Å². The minimum atomic E-state index is -1.31. The van der Waals surface area contributed by atoms with Crippen LogP contribution in [-0.4, -0.2) is 17.0 Å². The molecular formula is C15H10F3NO3. The Morgan fingerprint density at radius 1 is 1.00 bits per heavy atom. The van der Waals surface area contributed by atoms with Crippen LogP contribution in [0.5, 0.6) is 0 Å². The van der Waals surface area contributed by atoms with Crippen LogP contribution in [0.15, 0.2) is 30.3 Å². The van der Waals surface area contributed by atoms with Gasteiger partial charge in [0.05, 0.1) is 11.3 Å². The first-order valence-corrected chi connectivity index (χ1v) is 6.09. The highest BCUT2D eigenvalue weighted by Crippen LogP contribution is 2.19. The van der Waals surface area contributed by atoms with E-state index in [0.717, 1.165) is 24.3 Å². The highest BCUT2D eigenvalue weighted by Gasteiger charge is 2.16. The van der Waals surface area contributed by atoms with E-state index in [0.29, 0.717) is 6.07 Å². The molecule has 0 unspecified atom stereocenters. The van der Waals surface area contributed by atoms with Gasteiger partial charge in [0.2, 0.25) is 0 Å². The van der Waals surface area contributed by atoms with Gasteiger partial charge in [0.15, 0.2) is 11.6 Å². The number of anilines is 1. The van der Waals surface area contributed by atoms with Gasteiger partial charge in [0.1, 0.15) is 5.82 Å². The third-order valence-corrected chi connectivity index (χ3v) is 2.98. The van der Waals surface area contributed by atoms with Gasteiger partial charge in [-0.05, 0) is 42.8 Å². The molecule has 22 heavy (non-hydrogen) atoms. The Labute approximate surface area is 123 Å². The van der Waals surface area contributed by atoms with Crippen LogP contribution in [-0.2, 0) is 0 Å². The molecule has 1 amide bonds. The van der Waals surface area contributed by atoms with Crippen LogP contribution in [0.2, 0.25) is 0 Å². The van der Waals surface area contributed by atoms with Crippen molar-refractivity contribution in [1.82, 2.24) is 0 Å². The Morgan fingerprint density at radius 3 is 2.23 bits per heavy atom. The number of carbonyl (C=O) groups excluding carboxylic acids is 1. The SMILES string of the molecule is Cc1cc(F)c(F)cc1C(=O)Nc1ccc(C(=O)O)cc1F. The number of carboxylic acids is 1. The van der Waals surface area contributed by atoms with Crippen LogP contribution in [0.1, 0.15) is 26.3 Å². The molecule has 114 valence electrons. The predicted octanol–water partition coefficient (Wildman–Crippen LogP) is 3.36. The van der Waals surface area contributed by atoms with E-state index < -0.39 is 29.3 Å². The molecule has 0 aliphatic heterocycles. The van der Waals surface area contributed by atoms with Crippen LogP contribution in [0, 0.1) is 24.4 Å². The lowest BCUT2D eigenvalue weighted by Crippen LogP contribution is -2.15. The molecule has 4 nitrogen and oxygen atoms in total. The number of halogens is 3. The van der Waals surface area contributed by atoms with Gasteiger partial charge < -0.3 is 10.4 Å². The number of hydrogen-bond acceptors (Lipinski definition) is 2. The van der Waals surface area contributed by atoms with E-state index in [1.54, 1.807) is 0 Å². The Bertz CT molecular complexity index is 775. The van der Waals surface area contributed by atoms with Crippen molar-refractivity contribution in [1.29, 1.82) is 0 Å². The highest BCUT2D eigenvalue weighted by molar-refractivity contribution is 6.05. The van der Waals surface area contributed by atoms with Crippen molar-refractivity contribution in [3.63, 3.8) is 0 Å². The maximum atomic E-state index is 13.7. The zero-order chi connectivity index (χ0) is 16.4. The lowest BCUT2D eigenvalue weighted by atomic mass is 10.1. The second-order valence-corrected chi connectivity index (χ2v) is 4.54. The molecule has 7 heteroatoms. The number of hydrogen-bond donors (Lipinski definition) is 2. The first-order valence-electron chi connectivity index (χ1n) is 6.09. The Balaban J connectivity index is 2.30. The summed E-state index contributed by atoms with van der Waals surface area (Å²) in [5, 5.41) is 10.9. The second kappa shape index (κ2) is 5.88. The minimum absolute atomic E-state index is 0.152. The van der Waals surface area contributed by atoms with Crippen molar-refractivity contribution in [3.05, 3.63) is 64.5 Å². The summed E-state index contributed by atoms with van der Waals surface area (Å²) in [4.78, 5) is 22.7. The van der Waals surface area contributed by atoms with Crippen LogP contribution in [0.25, 0.3) is 0 Å². The Kier molecular flexibility index (Phi) is 4.16. The summed E-state index contributed by atoms with van der Waals surface area (Å²) < 4.78 is 39.9. The zero-order valence-corrected chi connectivity index (χ0v) is 11.3. The number of rotatable bonds is 3. The molecular weight excluding hydrogens is 299 g/mol. The van der Waals surface area contributed by atoms with E-state index in [2.05, 4.69) is 5.32 Å². The van der Waals surface area contributed by atoms with Crippen molar-refractivity contribution < 1.29 is 27.9 Å². The fourth-order valence-corrected chi connectivity index (χ4v) is 1.83. The number of amides is 1. The van der Waals surface area contributed by atoms with Gasteiger partial charge in [-0.2, -0.15) is 0 Å². The van der Waals surface area contributed by atoms with Gasteiger partial charge in [0.25, 0.3) is 5.91 Å². The monoisotopic (exact) mass is 309 g/mol. The summed E-state index contributed by atoms with van der Waals surface area (Å²) >= 11 is 0. The summed E-state index contributed by atoms with van der Waals surface area (Å²) in [6.45, 7) is 1.40. The van der Waals surface area contributed by atoms with Crippen LogP contribution in [0.4, 0.5) is 18.9 Å². The quantitative estimate of drug-likeness (QED) is 0.913. The van der Waals surface area contributed by atoms with E-state index in [1.165, 1.54) is 6.92 Å². The zero-order valence-electron chi connectivity index (χ0n) is 11.3. The average molecular weight is 309 g/mol. The largest absolute Gasteiger partial charge is 0.478 e. The Hall–Kier alpha value is -2.83. The normalized spacial score (nSPS) is 10.4. The van der Waals surface area contributed by atoms with Gasteiger partial charge in [-0.25, -0.2) is 18.0 Å². The van der Waals surface area contributed by atoms with Crippen molar-refractivity contribution in [2.75, 3.05) is 5.32 Å². The van der Waals surface area contributed by atoms with Gasteiger partial charge in [0, 0.05) is 5.56 Å². The van der Waals surface area contributed by atoms with Gasteiger partial charge in [-0.3, -0.25) is 4.79 Å². The van der Waals surface area contributed by atoms with Crippen LogP contribution in [0.3, 0.4) is 0 Å². The van der Waals surface area contributed by atoms with Crippen molar-refractivity contribution in [2.24, 2.45) is 0 Å². The molecule has 2 rings (SSSR count). The number of carboxylic acid groups (broad SMARTS) is 1. The van der Waals surface area contributed by atoms with Gasteiger partial charge >= 0.3 is 5.97 Å². The molecule has 0 fully saturated rings. The molecule has 0 radical (unpaired) electrons. The third kappa shape index (κ3) is 3.08. The maximum absolute atomic E-state index is 13.7. The number of nitrogens with one attached hydrogen (secondary N) is 1. The highest BCUT2D eigenvalue weighted by atomic mass is 19.2. The van der Waals surface area contributed by atoms with Crippen molar-refractivity contribution >= 4 is 17.6 Å². The van der Waals surface area contributed by atoms with E-state index in [-0.39, 0.29) is 22.4 Å². The summed E-state index contributed by atoms with van der Waals surface area (Å²) in [5.74, 6) is -5.39. The van der Waals surface area contributed by atoms with Crippen molar-refractivity contribution in [2.45, 2.75) is 6.92 Å². The molecule has 0 bridgehead atoms. The molecule has 0 heterocycles. The van der Waals surface area contributed by atoms with Gasteiger partial charge in [-0.15, -0.1) is 0 Å². The minimum Gasteiger partial charge on any atom is -0.478 e. The summed E-state index contributed by atoms with van der Waals surface area (Å²) in [6.07, 6.45) is 0. The Morgan fingerprint density at radius 2 is 1.64 bits per heavy atom. The lowest BCUT2D eigenvalue weighted by Gasteiger charge is -2.09. The number of benzene rings is 2. The molecule has 0 saturated carbocycles. The predicted molar refractivity (Wildman–Crippen MR) is 72.4 cm³/mol. The van der Waals surface area contributed by atoms with Gasteiger partial charge in [-0.1, -0.05) is 0 Å². The smallest absolute Gasteiger partial charge is 0.335 e. The van der Waals surface area contributed by atoms with E-state index in [4.69, 9.17) is 5.11 Å². The third-order valence-electron chi connectivity index (χ3n) is 2.98. The molecule has 0 aromatic heterocycles. The topological polar surface area (TPSA) is 66.4 Å². The van der Waals surface area contributed by atoms with Crippen LogP contribution < -0.4 is 5.32 Å². The molecule has 0 aliphatic rings. The molecule has 0 saturated heterocycles. The summed E-state index contributed by atoms with van der Waals surface area (Å²) in [5.41, 5.74) is -0.516. The van der Waals surface area contributed by atoms with Crippen LogP contribution >= 0.6 is 0 Å². The number of carbonyl (C=O) groups is 2. The fourth-order valence-electron chi connectivity index (χ4n) is 1.83. The fraction of sp³-hybridized carbons (Fsp3) is 0.0667. The molecule has 0 aliphatic carbocycles. The standard InChI is InChI=1S/C15H10F3NO3/c1-7-4-10(16)11(17)6-9(7)14(20)19-13-3-2-8(15(21)22)5-12(13)18/h2-6H,1H3,(H,19,20)(H,21,22). The molecule has 2 aromatic carbocycles. The second-order valence-electron chi connectivity index (χ2n) is 4.54. The van der Waals surface area contributed by atoms with Crippen molar-refractivity contribution in [3.8, 4) is 0 Å². The maximum Gasteiger partial charge on any atom is 0.335 e. The number of aryl methyl sites for hydroxylation is 1. The first kappa shape index (κ1) is 15.6. The molecule has 2 N–H and O–H groups in total.